The maximum absolute atomic E-state index is 14.5. The van der Waals surface area contributed by atoms with Crippen molar-refractivity contribution in [3.05, 3.63) is 54.1 Å². The summed E-state index contributed by atoms with van der Waals surface area (Å²) in [5.41, 5.74) is 6.75. The molecule has 2 aromatic carbocycles. The number of carbonyl (C=O) groups excluding carboxylic acids is 4. The molecule has 1 fully saturated rings. The van der Waals surface area contributed by atoms with Crippen LogP contribution >= 0.6 is 0 Å². The fraction of sp³-hybridized carbons (Fsp3) is 0.514. The van der Waals surface area contributed by atoms with E-state index in [1.165, 1.54) is 4.90 Å². The Kier molecular flexibility index (Phi) is 11.8. The van der Waals surface area contributed by atoms with Gasteiger partial charge in [-0.25, -0.2) is 24.2 Å². The lowest BCUT2D eigenvalue weighted by Gasteiger charge is -2.30. The van der Waals surface area contributed by atoms with Gasteiger partial charge in [-0.2, -0.15) is 10.1 Å². The number of anilines is 2. The van der Waals surface area contributed by atoms with Crippen molar-refractivity contribution >= 4 is 52.9 Å². The Morgan fingerprint density at radius 3 is 1.86 bits per heavy atom. The van der Waals surface area contributed by atoms with Gasteiger partial charge in [0.15, 0.2) is 0 Å². The first-order valence-electron chi connectivity index (χ1n) is 17.2. The summed E-state index contributed by atoms with van der Waals surface area (Å²) in [5.74, 6) is -0.964. The van der Waals surface area contributed by atoms with E-state index in [-0.39, 0.29) is 11.9 Å². The molecule has 1 unspecified atom stereocenters. The Labute approximate surface area is 299 Å². The number of hydrogen-bond acceptors (Lipinski definition) is 10. The van der Waals surface area contributed by atoms with Crippen LogP contribution in [0.2, 0.25) is 0 Å². The van der Waals surface area contributed by atoms with E-state index >= 15 is 0 Å². The van der Waals surface area contributed by atoms with Gasteiger partial charge in [-0.05, 0) is 105 Å². The van der Waals surface area contributed by atoms with E-state index in [0.717, 1.165) is 42.7 Å². The molecule has 1 atom stereocenters. The van der Waals surface area contributed by atoms with E-state index in [1.54, 1.807) is 86.6 Å². The third-order valence-corrected chi connectivity index (χ3v) is 7.51. The number of carbonyl (C=O) groups is 4. The largest absolute Gasteiger partial charge is 0.457 e. The highest BCUT2D eigenvalue weighted by Crippen LogP contribution is 2.38. The fourth-order valence-electron chi connectivity index (χ4n) is 5.57. The second-order valence-electron chi connectivity index (χ2n) is 15.5. The van der Waals surface area contributed by atoms with Crippen LogP contribution in [-0.2, 0) is 19.0 Å². The number of urea groups is 1. The molecule has 276 valence electrons. The van der Waals surface area contributed by atoms with Gasteiger partial charge in [0.05, 0.1) is 22.8 Å². The van der Waals surface area contributed by atoms with Crippen LogP contribution in [0.4, 0.5) is 31.4 Å². The molecule has 0 saturated heterocycles. The Morgan fingerprint density at radius 1 is 0.804 bits per heavy atom. The lowest BCUT2D eigenvalue weighted by atomic mass is 9.83. The summed E-state index contributed by atoms with van der Waals surface area (Å²) in [6.45, 7) is 15.4. The van der Waals surface area contributed by atoms with Crippen molar-refractivity contribution in [3.8, 4) is 0 Å². The van der Waals surface area contributed by atoms with Gasteiger partial charge in [0.1, 0.15) is 16.8 Å². The number of aliphatic imine (C=N–C) groups is 1. The highest BCUT2D eigenvalue weighted by atomic mass is 16.6. The third kappa shape index (κ3) is 11.0. The van der Waals surface area contributed by atoms with E-state index in [0.29, 0.717) is 22.8 Å². The van der Waals surface area contributed by atoms with Crippen LogP contribution in [0.3, 0.4) is 0 Å². The zero-order valence-corrected chi connectivity index (χ0v) is 31.0. The molecular formula is C37H51N7O7. The van der Waals surface area contributed by atoms with Crippen LogP contribution in [0.15, 0.2) is 58.6 Å². The van der Waals surface area contributed by atoms with E-state index in [9.17, 15) is 19.2 Å². The van der Waals surface area contributed by atoms with E-state index in [1.807, 2.05) is 24.3 Å². The molecule has 51 heavy (non-hydrogen) atoms. The minimum absolute atomic E-state index is 0.0612. The zero-order valence-electron chi connectivity index (χ0n) is 31.0. The number of nitrogens with two attached hydrogens (primary N) is 1. The lowest BCUT2D eigenvalue weighted by Crippen LogP contribution is -2.53. The number of alkyl carbamates (subject to hydrolysis) is 2. The molecule has 2 aliphatic rings. The summed E-state index contributed by atoms with van der Waals surface area (Å²) >= 11 is 0. The summed E-state index contributed by atoms with van der Waals surface area (Å²) in [7, 11) is 0. The second kappa shape index (κ2) is 15.5. The predicted octanol–water partition coefficient (Wildman–Crippen LogP) is 7.21. The van der Waals surface area contributed by atoms with Gasteiger partial charge in [-0.3, -0.25) is 15.5 Å². The maximum atomic E-state index is 14.5. The molecular weight excluding hydrogens is 654 g/mol. The fourth-order valence-corrected chi connectivity index (χ4v) is 5.57. The zero-order chi connectivity index (χ0) is 37.7. The average Bonchev–Trinajstić information content (AvgIpc) is 3.13. The number of hydrazone groups is 1. The molecule has 4 amide bonds. The molecule has 1 heterocycles. The first-order chi connectivity index (χ1) is 23.7. The van der Waals surface area contributed by atoms with Crippen LogP contribution < -0.4 is 21.3 Å². The summed E-state index contributed by atoms with van der Waals surface area (Å²) in [5, 5.41) is 10.7. The number of nitrogens with one attached hydrogen (secondary N) is 2. The maximum Gasteiger partial charge on any atom is 0.414 e. The summed E-state index contributed by atoms with van der Waals surface area (Å²) in [6, 6.07) is 13.3. The number of fused-ring (bicyclic) bond motifs is 1. The first kappa shape index (κ1) is 38.8. The van der Waals surface area contributed by atoms with Crippen molar-refractivity contribution in [3.63, 3.8) is 0 Å². The van der Waals surface area contributed by atoms with Crippen LogP contribution in [0.1, 0.15) is 100.0 Å². The number of benzene rings is 2. The Morgan fingerprint density at radius 2 is 1.33 bits per heavy atom. The van der Waals surface area contributed by atoms with Crippen molar-refractivity contribution in [1.29, 1.82) is 0 Å². The van der Waals surface area contributed by atoms with Gasteiger partial charge in [0, 0.05) is 11.5 Å². The molecule has 1 aliphatic carbocycles. The Balaban J connectivity index is 1.75. The quantitative estimate of drug-likeness (QED) is 0.126. The second-order valence-corrected chi connectivity index (χ2v) is 15.5. The number of amides is 4. The van der Waals surface area contributed by atoms with Gasteiger partial charge in [-0.15, -0.1) is 0 Å². The average molecular weight is 706 g/mol. The van der Waals surface area contributed by atoms with Crippen LogP contribution in [0.5, 0.6) is 0 Å². The van der Waals surface area contributed by atoms with Crippen molar-refractivity contribution < 1.29 is 33.4 Å². The van der Waals surface area contributed by atoms with Crippen LogP contribution in [-0.4, -0.2) is 63.8 Å². The number of nitrogens with zero attached hydrogens (tertiary/aromatic N) is 4. The minimum atomic E-state index is -1.52. The summed E-state index contributed by atoms with van der Waals surface area (Å²) in [4.78, 5) is 58.8. The molecule has 0 bridgehead atoms. The van der Waals surface area contributed by atoms with E-state index in [2.05, 4.69) is 15.6 Å². The van der Waals surface area contributed by atoms with Gasteiger partial charge >= 0.3 is 24.2 Å². The lowest BCUT2D eigenvalue weighted by molar-refractivity contribution is -0.160. The molecule has 1 saturated carbocycles. The molecule has 0 radical (unpaired) electrons. The van der Waals surface area contributed by atoms with Gasteiger partial charge in [0.2, 0.25) is 12.1 Å². The topological polar surface area (TPSA) is 177 Å². The predicted molar refractivity (Wildman–Crippen MR) is 195 cm³/mol. The molecule has 4 N–H and O–H groups in total. The minimum Gasteiger partial charge on any atom is -0.457 e. The van der Waals surface area contributed by atoms with Crippen molar-refractivity contribution in [2.24, 2.45) is 21.7 Å². The number of esters is 1. The SMILES string of the molecule is CC(C)(C)OC(=O)NC(=Nc1ccc(N2C(=O)N(C(N)C(=O)OC(C)(C)C)N=C(C3CCCCC3)c3ccccc32)cc1)NC(=O)OC(C)(C)C. The molecule has 0 spiro atoms. The number of hydrogen-bond donors (Lipinski definition) is 3. The summed E-state index contributed by atoms with van der Waals surface area (Å²) in [6.07, 6.45) is 1.76. The van der Waals surface area contributed by atoms with Crippen molar-refractivity contribution in [2.45, 2.75) is 117 Å². The van der Waals surface area contributed by atoms with Crippen LogP contribution in [0, 0.1) is 5.92 Å². The monoisotopic (exact) mass is 705 g/mol. The Bertz CT molecular complexity index is 1630. The van der Waals surface area contributed by atoms with Crippen molar-refractivity contribution in [1.82, 2.24) is 15.6 Å². The van der Waals surface area contributed by atoms with E-state index < -0.39 is 47.2 Å². The molecule has 0 aromatic heterocycles. The van der Waals surface area contributed by atoms with Gasteiger partial charge in [-0.1, -0.05) is 37.5 Å². The van der Waals surface area contributed by atoms with Crippen LogP contribution in [0.25, 0.3) is 0 Å². The third-order valence-electron chi connectivity index (χ3n) is 7.51. The molecule has 2 aromatic rings. The number of guanidine groups is 1. The smallest absolute Gasteiger partial charge is 0.414 e. The number of rotatable bonds is 5. The first-order valence-corrected chi connectivity index (χ1v) is 17.2. The molecule has 14 heteroatoms. The summed E-state index contributed by atoms with van der Waals surface area (Å²) < 4.78 is 16.2. The Hall–Kier alpha value is -4.98. The molecule has 14 nitrogen and oxygen atoms in total. The van der Waals surface area contributed by atoms with Gasteiger partial charge in [0.25, 0.3) is 0 Å². The standard InChI is InChI=1S/C37H51N7O7/c1-35(2,3)49-30(45)29(38)44-34(48)43(27-18-14-13-17-26(27)28(42-44)23-15-11-10-12-16-23)25-21-19-24(20-22-25)39-31(40-32(46)50-36(4,5)6)41-33(47)51-37(7,8)9/h13-14,17-23,29H,10-12,15-16,38H2,1-9H3,(H2,39,40,41,46,47). The number of para-hydroxylation sites is 1. The van der Waals surface area contributed by atoms with E-state index in [4.69, 9.17) is 25.0 Å². The molecule has 4 rings (SSSR count). The molecule has 1 aliphatic heterocycles. The highest BCUT2D eigenvalue weighted by molar-refractivity contribution is 6.14. The number of ether oxygens (including phenoxy) is 3. The normalized spacial score (nSPS) is 16.2. The van der Waals surface area contributed by atoms with Crippen molar-refractivity contribution in [2.75, 3.05) is 4.90 Å². The highest BCUT2D eigenvalue weighted by Gasteiger charge is 2.39. The van der Waals surface area contributed by atoms with Gasteiger partial charge < -0.3 is 19.9 Å².